The van der Waals surface area contributed by atoms with Gasteiger partial charge in [-0.1, -0.05) is 19.1 Å². The van der Waals surface area contributed by atoms with Crippen molar-refractivity contribution in [2.75, 3.05) is 6.54 Å². The Morgan fingerprint density at radius 3 is 2.67 bits per heavy atom. The van der Waals surface area contributed by atoms with Crippen molar-refractivity contribution in [1.29, 1.82) is 0 Å². The van der Waals surface area contributed by atoms with Crippen LogP contribution in [0.2, 0.25) is 0 Å². The molecule has 0 heterocycles. The molecule has 2 rings (SSSR count). The van der Waals surface area contributed by atoms with E-state index >= 15 is 0 Å². The van der Waals surface area contributed by atoms with Gasteiger partial charge >= 0.3 is 0 Å². The zero-order valence-corrected chi connectivity index (χ0v) is 7.66. The Morgan fingerprint density at radius 1 is 1.42 bits per heavy atom. The van der Waals surface area contributed by atoms with E-state index in [1.165, 1.54) is 6.42 Å². The Hall–Kier alpha value is -0.340. The highest BCUT2D eigenvalue weighted by Crippen LogP contribution is 2.29. The van der Waals surface area contributed by atoms with Crippen LogP contribution in [0.4, 0.5) is 0 Å². The molecule has 1 saturated carbocycles. The van der Waals surface area contributed by atoms with Gasteiger partial charge in [-0.15, -0.1) is 0 Å². The van der Waals surface area contributed by atoms with Crippen molar-refractivity contribution in [3.63, 3.8) is 0 Å². The molecule has 0 amide bonds. The monoisotopic (exact) mass is 166 g/mol. The fourth-order valence-electron chi connectivity index (χ4n) is 1.87. The van der Waals surface area contributed by atoms with Gasteiger partial charge < -0.3 is 11.1 Å². The number of nitrogens with two attached hydrogens (primary N) is 1. The van der Waals surface area contributed by atoms with E-state index < -0.39 is 0 Å². The van der Waals surface area contributed by atoms with E-state index in [0.717, 1.165) is 24.9 Å². The second-order valence-electron chi connectivity index (χ2n) is 4.27. The number of nitrogens with one attached hydrogen (secondary N) is 1. The average molecular weight is 166 g/mol. The molecule has 68 valence electrons. The Balaban J connectivity index is 1.65. The molecule has 0 bridgehead atoms. The zero-order valence-electron chi connectivity index (χ0n) is 7.66. The van der Waals surface area contributed by atoms with Gasteiger partial charge in [0, 0.05) is 18.6 Å². The van der Waals surface area contributed by atoms with Crippen LogP contribution < -0.4 is 11.1 Å². The minimum absolute atomic E-state index is 0.313. The summed E-state index contributed by atoms with van der Waals surface area (Å²) in [6, 6.07) is 1.11. The normalized spacial score (nSPS) is 45.2. The quantitative estimate of drug-likeness (QED) is 0.611. The van der Waals surface area contributed by atoms with Gasteiger partial charge in [-0.05, 0) is 24.7 Å². The summed E-state index contributed by atoms with van der Waals surface area (Å²) in [5.74, 6) is 1.59. The first-order chi connectivity index (χ1) is 5.75. The van der Waals surface area contributed by atoms with E-state index in [1.54, 1.807) is 0 Å². The summed E-state index contributed by atoms with van der Waals surface area (Å²) in [5.41, 5.74) is 5.76. The molecule has 12 heavy (non-hydrogen) atoms. The SMILES string of the molecule is CC1CC1NCC1C=CC(N)C1. The lowest BCUT2D eigenvalue weighted by Gasteiger charge is -2.09. The Bertz CT molecular complexity index is 188. The Labute approximate surface area is 74.2 Å². The van der Waals surface area contributed by atoms with Crippen molar-refractivity contribution in [3.8, 4) is 0 Å². The highest BCUT2D eigenvalue weighted by atomic mass is 15.0. The summed E-state index contributed by atoms with van der Waals surface area (Å²) in [6.45, 7) is 3.42. The molecule has 0 aliphatic heterocycles. The van der Waals surface area contributed by atoms with Crippen LogP contribution in [0, 0.1) is 11.8 Å². The third-order valence-corrected chi connectivity index (χ3v) is 2.96. The minimum Gasteiger partial charge on any atom is -0.324 e. The molecule has 0 radical (unpaired) electrons. The van der Waals surface area contributed by atoms with E-state index in [1.807, 2.05) is 0 Å². The van der Waals surface area contributed by atoms with Gasteiger partial charge in [0.05, 0.1) is 0 Å². The number of rotatable bonds is 3. The Kier molecular flexibility index (Phi) is 2.20. The predicted molar refractivity (Wildman–Crippen MR) is 50.8 cm³/mol. The summed E-state index contributed by atoms with van der Waals surface area (Å²) >= 11 is 0. The van der Waals surface area contributed by atoms with Crippen molar-refractivity contribution >= 4 is 0 Å². The van der Waals surface area contributed by atoms with E-state index in [0.29, 0.717) is 12.0 Å². The fraction of sp³-hybridized carbons (Fsp3) is 0.800. The largest absolute Gasteiger partial charge is 0.324 e. The maximum Gasteiger partial charge on any atom is 0.0229 e. The fourth-order valence-corrected chi connectivity index (χ4v) is 1.87. The van der Waals surface area contributed by atoms with Crippen molar-refractivity contribution in [3.05, 3.63) is 12.2 Å². The second kappa shape index (κ2) is 3.19. The molecular weight excluding hydrogens is 148 g/mol. The van der Waals surface area contributed by atoms with Gasteiger partial charge in [-0.25, -0.2) is 0 Å². The van der Waals surface area contributed by atoms with Crippen LogP contribution >= 0.6 is 0 Å². The summed E-state index contributed by atoms with van der Waals surface area (Å²) in [7, 11) is 0. The first-order valence-electron chi connectivity index (χ1n) is 4.93. The van der Waals surface area contributed by atoms with Gasteiger partial charge in [0.15, 0.2) is 0 Å². The lowest BCUT2D eigenvalue weighted by atomic mass is 10.1. The van der Waals surface area contributed by atoms with Crippen molar-refractivity contribution in [1.82, 2.24) is 5.32 Å². The van der Waals surface area contributed by atoms with Crippen LogP contribution in [0.5, 0.6) is 0 Å². The number of hydrogen-bond acceptors (Lipinski definition) is 2. The average Bonchev–Trinajstić information content (AvgIpc) is 2.56. The molecule has 2 aliphatic carbocycles. The van der Waals surface area contributed by atoms with Gasteiger partial charge in [0.1, 0.15) is 0 Å². The van der Waals surface area contributed by atoms with Crippen molar-refractivity contribution in [2.45, 2.75) is 31.8 Å². The molecular formula is C10H18N2. The molecule has 4 atom stereocenters. The summed E-state index contributed by atoms with van der Waals surface area (Å²) < 4.78 is 0. The molecule has 2 aliphatic rings. The van der Waals surface area contributed by atoms with Crippen LogP contribution in [-0.2, 0) is 0 Å². The van der Waals surface area contributed by atoms with Crippen molar-refractivity contribution in [2.24, 2.45) is 17.6 Å². The maximum absolute atomic E-state index is 5.76. The standard InChI is InChI=1S/C10H18N2/c1-7-4-10(7)12-6-8-2-3-9(11)5-8/h2-3,7-10,12H,4-6,11H2,1H3. The van der Waals surface area contributed by atoms with Gasteiger partial charge in [-0.2, -0.15) is 0 Å². The molecule has 2 heteroatoms. The van der Waals surface area contributed by atoms with Gasteiger partial charge in [-0.3, -0.25) is 0 Å². The van der Waals surface area contributed by atoms with Gasteiger partial charge in [0.25, 0.3) is 0 Å². The van der Waals surface area contributed by atoms with Crippen LogP contribution in [0.3, 0.4) is 0 Å². The molecule has 2 nitrogen and oxygen atoms in total. The van der Waals surface area contributed by atoms with Crippen LogP contribution in [-0.4, -0.2) is 18.6 Å². The molecule has 0 aromatic rings. The topological polar surface area (TPSA) is 38.0 Å². The molecule has 0 aromatic carbocycles. The van der Waals surface area contributed by atoms with Crippen LogP contribution in [0.1, 0.15) is 19.8 Å². The summed E-state index contributed by atoms with van der Waals surface area (Å²) in [5, 5.41) is 3.56. The minimum atomic E-state index is 0.313. The zero-order chi connectivity index (χ0) is 8.55. The predicted octanol–water partition coefficient (Wildman–Crippen LogP) is 0.888. The van der Waals surface area contributed by atoms with Crippen LogP contribution in [0.25, 0.3) is 0 Å². The summed E-state index contributed by atoms with van der Waals surface area (Å²) in [6.07, 6.45) is 6.88. The summed E-state index contributed by atoms with van der Waals surface area (Å²) in [4.78, 5) is 0. The van der Waals surface area contributed by atoms with E-state index in [4.69, 9.17) is 5.73 Å². The molecule has 1 fully saturated rings. The smallest absolute Gasteiger partial charge is 0.0229 e. The molecule has 3 N–H and O–H groups in total. The van der Waals surface area contributed by atoms with Crippen LogP contribution in [0.15, 0.2) is 12.2 Å². The lowest BCUT2D eigenvalue weighted by Crippen LogP contribution is -2.26. The molecule has 0 saturated heterocycles. The first kappa shape index (κ1) is 8.27. The third kappa shape index (κ3) is 1.87. The van der Waals surface area contributed by atoms with E-state index in [9.17, 15) is 0 Å². The van der Waals surface area contributed by atoms with E-state index in [2.05, 4.69) is 24.4 Å². The highest BCUT2D eigenvalue weighted by molar-refractivity contribution is 5.05. The van der Waals surface area contributed by atoms with Gasteiger partial charge in [0.2, 0.25) is 0 Å². The Morgan fingerprint density at radius 2 is 2.17 bits per heavy atom. The maximum atomic E-state index is 5.76. The molecule has 0 aromatic heterocycles. The lowest BCUT2D eigenvalue weighted by molar-refractivity contribution is 0.517. The molecule has 4 unspecified atom stereocenters. The second-order valence-corrected chi connectivity index (χ2v) is 4.27. The highest BCUT2D eigenvalue weighted by Gasteiger charge is 2.32. The molecule has 0 spiro atoms. The number of hydrogen-bond donors (Lipinski definition) is 2. The first-order valence-corrected chi connectivity index (χ1v) is 4.93. The van der Waals surface area contributed by atoms with Crippen molar-refractivity contribution < 1.29 is 0 Å². The van der Waals surface area contributed by atoms with E-state index in [-0.39, 0.29) is 0 Å². The third-order valence-electron chi connectivity index (χ3n) is 2.96.